The minimum Gasteiger partial charge on any atom is -0.373 e. The number of fused-ring (bicyclic) bond motifs is 1. The summed E-state index contributed by atoms with van der Waals surface area (Å²) in [6.07, 6.45) is -4.73. The summed E-state index contributed by atoms with van der Waals surface area (Å²) in [4.78, 5) is 13.0. The van der Waals surface area contributed by atoms with Crippen molar-refractivity contribution in [3.8, 4) is 5.69 Å². The SMILES string of the molecule is C[C@@](O)(C(=O)N1CCc2c(nnn2-c2ccccc2)C1)C(F)(F)F. The number of halogens is 3. The van der Waals surface area contributed by atoms with Gasteiger partial charge < -0.3 is 10.0 Å². The maximum absolute atomic E-state index is 12.8. The standard InChI is InChI=1S/C15H15F3N4O2/c1-14(24,15(16,17)18)13(23)21-8-7-12-11(9-21)19-20-22(12)10-5-3-2-4-6-10/h2-6,24H,7-9H2,1H3/t14-/m1/s1. The Labute approximate surface area is 135 Å². The van der Waals surface area contributed by atoms with Crippen LogP contribution in [0.1, 0.15) is 18.3 Å². The van der Waals surface area contributed by atoms with Gasteiger partial charge in [0, 0.05) is 13.0 Å². The second kappa shape index (κ2) is 5.59. The van der Waals surface area contributed by atoms with Crippen molar-refractivity contribution in [3.05, 3.63) is 41.7 Å². The third-order valence-corrected chi connectivity index (χ3v) is 4.06. The van der Waals surface area contributed by atoms with Gasteiger partial charge in [-0.15, -0.1) is 5.10 Å². The highest BCUT2D eigenvalue weighted by Gasteiger charge is 2.57. The lowest BCUT2D eigenvalue weighted by Crippen LogP contribution is -2.56. The van der Waals surface area contributed by atoms with Gasteiger partial charge in [0.2, 0.25) is 5.60 Å². The second-order valence-electron chi connectivity index (χ2n) is 5.78. The quantitative estimate of drug-likeness (QED) is 0.899. The molecule has 2 aromatic rings. The summed E-state index contributed by atoms with van der Waals surface area (Å²) < 4.78 is 40.1. The van der Waals surface area contributed by atoms with Gasteiger partial charge in [0.25, 0.3) is 5.91 Å². The van der Waals surface area contributed by atoms with E-state index in [1.54, 1.807) is 4.68 Å². The number of amides is 1. The Hall–Kier alpha value is -2.42. The van der Waals surface area contributed by atoms with Gasteiger partial charge in [0.1, 0.15) is 5.69 Å². The predicted octanol–water partition coefficient (Wildman–Crippen LogP) is 1.47. The van der Waals surface area contributed by atoms with E-state index in [0.717, 1.165) is 16.3 Å². The van der Waals surface area contributed by atoms with Gasteiger partial charge in [0.15, 0.2) is 0 Å². The summed E-state index contributed by atoms with van der Waals surface area (Å²) in [6, 6.07) is 9.19. The molecule has 3 rings (SSSR count). The van der Waals surface area contributed by atoms with Crippen LogP contribution in [0.3, 0.4) is 0 Å². The molecule has 0 saturated heterocycles. The van der Waals surface area contributed by atoms with E-state index in [9.17, 15) is 23.1 Å². The fourth-order valence-electron chi connectivity index (χ4n) is 2.59. The number of benzene rings is 1. The molecule has 0 radical (unpaired) electrons. The first kappa shape index (κ1) is 16.4. The Morgan fingerprint density at radius 2 is 1.92 bits per heavy atom. The van der Waals surface area contributed by atoms with Gasteiger partial charge in [-0.2, -0.15) is 13.2 Å². The van der Waals surface area contributed by atoms with E-state index in [2.05, 4.69) is 10.3 Å². The van der Waals surface area contributed by atoms with Crippen LogP contribution in [0.25, 0.3) is 5.69 Å². The predicted molar refractivity (Wildman–Crippen MR) is 77.2 cm³/mol. The molecule has 0 fully saturated rings. The molecule has 24 heavy (non-hydrogen) atoms. The van der Waals surface area contributed by atoms with Crippen LogP contribution >= 0.6 is 0 Å². The van der Waals surface area contributed by atoms with Crippen molar-refractivity contribution in [1.29, 1.82) is 0 Å². The lowest BCUT2D eigenvalue weighted by Gasteiger charge is -2.33. The molecule has 1 atom stereocenters. The third-order valence-electron chi connectivity index (χ3n) is 4.06. The minimum atomic E-state index is -5.04. The van der Waals surface area contributed by atoms with E-state index in [1.165, 1.54) is 0 Å². The molecule has 6 nitrogen and oxygen atoms in total. The largest absolute Gasteiger partial charge is 0.426 e. The fourth-order valence-corrected chi connectivity index (χ4v) is 2.59. The Morgan fingerprint density at radius 3 is 2.54 bits per heavy atom. The number of carbonyl (C=O) groups excluding carboxylic acids is 1. The third kappa shape index (κ3) is 2.64. The lowest BCUT2D eigenvalue weighted by atomic mass is 10.0. The topological polar surface area (TPSA) is 71.2 Å². The lowest BCUT2D eigenvalue weighted by molar-refractivity contribution is -0.250. The van der Waals surface area contributed by atoms with Crippen LogP contribution in [0.4, 0.5) is 13.2 Å². The normalized spacial score (nSPS) is 17.3. The number of rotatable bonds is 2. The monoisotopic (exact) mass is 340 g/mol. The fraction of sp³-hybridized carbons (Fsp3) is 0.400. The summed E-state index contributed by atoms with van der Waals surface area (Å²) in [5.41, 5.74) is -1.46. The van der Waals surface area contributed by atoms with Gasteiger partial charge in [0.05, 0.1) is 17.9 Å². The Bertz CT molecular complexity index is 756. The van der Waals surface area contributed by atoms with Crippen LogP contribution < -0.4 is 0 Å². The van der Waals surface area contributed by atoms with E-state index in [-0.39, 0.29) is 13.1 Å². The van der Waals surface area contributed by atoms with Crippen molar-refractivity contribution in [3.63, 3.8) is 0 Å². The first-order valence-electron chi connectivity index (χ1n) is 7.29. The number of aromatic nitrogens is 3. The van der Waals surface area contributed by atoms with Crippen LogP contribution in [-0.2, 0) is 17.8 Å². The zero-order chi connectivity index (χ0) is 17.5. The van der Waals surface area contributed by atoms with Crippen LogP contribution in [0, 0.1) is 0 Å². The smallest absolute Gasteiger partial charge is 0.373 e. The number of aliphatic hydroxyl groups is 1. The highest BCUT2D eigenvalue weighted by atomic mass is 19.4. The van der Waals surface area contributed by atoms with Crippen molar-refractivity contribution in [2.45, 2.75) is 31.7 Å². The summed E-state index contributed by atoms with van der Waals surface area (Å²) in [6.45, 7) is 0.400. The Balaban J connectivity index is 1.84. The molecule has 0 unspecified atom stereocenters. The molecule has 9 heteroatoms. The molecule has 1 N–H and O–H groups in total. The highest BCUT2D eigenvalue weighted by Crippen LogP contribution is 2.33. The summed E-state index contributed by atoms with van der Waals surface area (Å²) in [7, 11) is 0. The van der Waals surface area contributed by atoms with Crippen LogP contribution in [-0.4, -0.2) is 49.2 Å². The number of hydrogen-bond donors (Lipinski definition) is 1. The number of alkyl halides is 3. The van der Waals surface area contributed by atoms with Crippen molar-refractivity contribution in [2.75, 3.05) is 6.54 Å². The molecule has 1 amide bonds. The molecule has 1 aliphatic rings. The molecular weight excluding hydrogens is 325 g/mol. The average Bonchev–Trinajstić information content (AvgIpc) is 2.97. The second-order valence-corrected chi connectivity index (χ2v) is 5.78. The Kier molecular flexibility index (Phi) is 3.83. The first-order valence-corrected chi connectivity index (χ1v) is 7.29. The number of para-hydroxylation sites is 1. The van der Waals surface area contributed by atoms with Crippen LogP contribution in [0.5, 0.6) is 0 Å². The molecule has 1 aromatic heterocycles. The summed E-state index contributed by atoms with van der Waals surface area (Å²) >= 11 is 0. The minimum absolute atomic E-state index is 0.0538. The molecular formula is C15H15F3N4O2. The summed E-state index contributed by atoms with van der Waals surface area (Å²) in [5.74, 6) is -1.38. The van der Waals surface area contributed by atoms with Crippen molar-refractivity contribution in [1.82, 2.24) is 19.9 Å². The maximum Gasteiger partial charge on any atom is 0.426 e. The number of hydrogen-bond acceptors (Lipinski definition) is 4. The van der Waals surface area contributed by atoms with Crippen molar-refractivity contribution in [2.24, 2.45) is 0 Å². The average molecular weight is 340 g/mol. The molecule has 128 valence electrons. The molecule has 0 spiro atoms. The zero-order valence-electron chi connectivity index (χ0n) is 12.8. The van der Waals surface area contributed by atoms with E-state index in [0.29, 0.717) is 19.0 Å². The Morgan fingerprint density at radius 1 is 1.25 bits per heavy atom. The van der Waals surface area contributed by atoms with Gasteiger partial charge in [-0.05, 0) is 19.1 Å². The van der Waals surface area contributed by atoms with Crippen molar-refractivity contribution < 1.29 is 23.1 Å². The molecule has 1 aliphatic heterocycles. The summed E-state index contributed by atoms with van der Waals surface area (Å²) in [5, 5.41) is 17.5. The molecule has 2 heterocycles. The van der Waals surface area contributed by atoms with Crippen LogP contribution in [0.2, 0.25) is 0 Å². The highest BCUT2D eigenvalue weighted by molar-refractivity contribution is 5.85. The zero-order valence-corrected chi connectivity index (χ0v) is 12.8. The number of nitrogens with zero attached hydrogens (tertiary/aromatic N) is 4. The van der Waals surface area contributed by atoms with E-state index in [1.807, 2.05) is 30.3 Å². The first-order chi connectivity index (χ1) is 11.2. The van der Waals surface area contributed by atoms with Crippen LogP contribution in [0.15, 0.2) is 30.3 Å². The maximum atomic E-state index is 12.8. The van der Waals surface area contributed by atoms with Gasteiger partial charge >= 0.3 is 6.18 Å². The van der Waals surface area contributed by atoms with Gasteiger partial charge in [-0.1, -0.05) is 23.4 Å². The van der Waals surface area contributed by atoms with Crippen molar-refractivity contribution >= 4 is 5.91 Å². The number of carbonyl (C=O) groups is 1. The van der Waals surface area contributed by atoms with Gasteiger partial charge in [-0.25, -0.2) is 4.68 Å². The molecule has 1 aromatic carbocycles. The molecule has 0 saturated carbocycles. The molecule has 0 aliphatic carbocycles. The van der Waals surface area contributed by atoms with E-state index >= 15 is 0 Å². The van der Waals surface area contributed by atoms with E-state index < -0.39 is 17.7 Å². The van der Waals surface area contributed by atoms with Gasteiger partial charge in [-0.3, -0.25) is 4.79 Å². The van der Waals surface area contributed by atoms with E-state index in [4.69, 9.17) is 0 Å². The molecule has 0 bridgehead atoms.